The van der Waals surface area contributed by atoms with Crippen LogP contribution in [0.4, 0.5) is 0 Å². The van der Waals surface area contributed by atoms with E-state index in [1.165, 1.54) is 0 Å². The van der Waals surface area contributed by atoms with E-state index in [0.29, 0.717) is 23.6 Å². The second kappa shape index (κ2) is 5.56. The molecule has 1 aromatic heterocycles. The summed E-state index contributed by atoms with van der Waals surface area (Å²) >= 11 is 0. The standard InChI is InChI=1S/C18H17NO3/c1-3-22-15-11-7-5-9-13(15)17-16(18(20)21)12-8-4-6-10-14(12)19(17)2/h4-11H,3H2,1-2H3,(H,20,21). The molecule has 4 heteroatoms. The van der Waals surface area contributed by atoms with Crippen molar-refractivity contribution >= 4 is 16.9 Å². The Morgan fingerprint density at radius 3 is 2.55 bits per heavy atom. The molecule has 0 saturated heterocycles. The molecule has 1 heterocycles. The highest BCUT2D eigenvalue weighted by molar-refractivity contribution is 6.10. The second-order valence-corrected chi connectivity index (χ2v) is 5.03. The summed E-state index contributed by atoms with van der Waals surface area (Å²) in [5, 5.41) is 10.4. The van der Waals surface area contributed by atoms with Crippen LogP contribution in [0.15, 0.2) is 48.5 Å². The molecule has 0 amide bonds. The highest BCUT2D eigenvalue weighted by Crippen LogP contribution is 2.37. The van der Waals surface area contributed by atoms with Gasteiger partial charge < -0.3 is 14.4 Å². The van der Waals surface area contributed by atoms with E-state index < -0.39 is 5.97 Å². The predicted octanol–water partition coefficient (Wildman–Crippen LogP) is 3.94. The van der Waals surface area contributed by atoms with Gasteiger partial charge in [0.15, 0.2) is 0 Å². The summed E-state index contributed by atoms with van der Waals surface area (Å²) < 4.78 is 7.58. The highest BCUT2D eigenvalue weighted by atomic mass is 16.5. The summed E-state index contributed by atoms with van der Waals surface area (Å²) in [5.41, 5.74) is 2.66. The van der Waals surface area contributed by atoms with Gasteiger partial charge in [0, 0.05) is 23.5 Å². The maximum atomic E-state index is 11.8. The van der Waals surface area contributed by atoms with Crippen LogP contribution in [0, 0.1) is 0 Å². The summed E-state index contributed by atoms with van der Waals surface area (Å²) in [5.74, 6) is -0.239. The van der Waals surface area contributed by atoms with E-state index in [2.05, 4.69) is 0 Å². The zero-order valence-electron chi connectivity index (χ0n) is 12.5. The number of hydrogen-bond acceptors (Lipinski definition) is 2. The summed E-state index contributed by atoms with van der Waals surface area (Å²) in [6.45, 7) is 2.44. The van der Waals surface area contributed by atoms with E-state index in [-0.39, 0.29) is 0 Å². The normalized spacial score (nSPS) is 10.8. The molecule has 0 unspecified atom stereocenters. The van der Waals surface area contributed by atoms with Gasteiger partial charge in [-0.1, -0.05) is 30.3 Å². The molecule has 2 aromatic carbocycles. The van der Waals surface area contributed by atoms with Gasteiger partial charge in [0.2, 0.25) is 0 Å². The molecule has 0 saturated carbocycles. The third-order valence-corrected chi connectivity index (χ3v) is 3.76. The molecule has 4 nitrogen and oxygen atoms in total. The van der Waals surface area contributed by atoms with Crippen LogP contribution in [0.3, 0.4) is 0 Å². The van der Waals surface area contributed by atoms with Gasteiger partial charge in [0.1, 0.15) is 5.75 Å². The third-order valence-electron chi connectivity index (χ3n) is 3.76. The molecular weight excluding hydrogens is 278 g/mol. The topological polar surface area (TPSA) is 51.5 Å². The number of aromatic carboxylic acids is 1. The molecule has 1 N–H and O–H groups in total. The molecule has 3 rings (SSSR count). The number of hydrogen-bond donors (Lipinski definition) is 1. The number of fused-ring (bicyclic) bond motifs is 1. The third kappa shape index (κ3) is 2.13. The van der Waals surface area contributed by atoms with Crippen molar-refractivity contribution in [2.24, 2.45) is 7.05 Å². The van der Waals surface area contributed by atoms with Gasteiger partial charge in [0.25, 0.3) is 0 Å². The van der Waals surface area contributed by atoms with Crippen LogP contribution in [-0.4, -0.2) is 22.2 Å². The minimum atomic E-state index is -0.932. The number of carboxylic acids is 1. The van der Waals surface area contributed by atoms with Crippen molar-refractivity contribution in [2.45, 2.75) is 6.92 Å². The number of nitrogens with zero attached hydrogens (tertiary/aromatic N) is 1. The lowest BCUT2D eigenvalue weighted by molar-refractivity contribution is 0.0699. The van der Waals surface area contributed by atoms with Crippen molar-refractivity contribution in [1.82, 2.24) is 4.57 Å². The number of carbonyl (C=O) groups is 1. The van der Waals surface area contributed by atoms with Crippen molar-refractivity contribution in [3.63, 3.8) is 0 Å². The van der Waals surface area contributed by atoms with E-state index >= 15 is 0 Å². The molecule has 0 atom stereocenters. The highest BCUT2D eigenvalue weighted by Gasteiger charge is 2.23. The van der Waals surface area contributed by atoms with Crippen molar-refractivity contribution < 1.29 is 14.6 Å². The van der Waals surface area contributed by atoms with E-state index in [0.717, 1.165) is 16.5 Å². The van der Waals surface area contributed by atoms with Gasteiger partial charge in [0.05, 0.1) is 17.9 Å². The van der Waals surface area contributed by atoms with E-state index in [4.69, 9.17) is 4.74 Å². The van der Waals surface area contributed by atoms with E-state index in [9.17, 15) is 9.90 Å². The maximum Gasteiger partial charge on any atom is 0.338 e. The molecule has 0 aliphatic carbocycles. The summed E-state index contributed by atoms with van der Waals surface area (Å²) in [6, 6.07) is 15.1. The lowest BCUT2D eigenvalue weighted by atomic mass is 10.0. The largest absolute Gasteiger partial charge is 0.493 e. The van der Waals surface area contributed by atoms with Gasteiger partial charge in [-0.05, 0) is 25.1 Å². The fourth-order valence-corrected chi connectivity index (χ4v) is 2.87. The molecule has 0 spiro atoms. The first kappa shape index (κ1) is 14.2. The predicted molar refractivity (Wildman–Crippen MR) is 86.5 cm³/mol. The van der Waals surface area contributed by atoms with E-state index in [1.807, 2.05) is 67.1 Å². The number of aryl methyl sites for hydroxylation is 1. The molecule has 0 bridgehead atoms. The minimum Gasteiger partial charge on any atom is -0.493 e. The first-order valence-electron chi connectivity index (χ1n) is 7.18. The maximum absolute atomic E-state index is 11.8. The van der Waals surface area contributed by atoms with Crippen LogP contribution in [-0.2, 0) is 7.05 Å². The van der Waals surface area contributed by atoms with Crippen LogP contribution in [0.25, 0.3) is 22.2 Å². The first-order valence-corrected chi connectivity index (χ1v) is 7.18. The SMILES string of the molecule is CCOc1ccccc1-c1c(C(=O)O)c2ccccc2n1C. The van der Waals surface area contributed by atoms with Crippen molar-refractivity contribution in [1.29, 1.82) is 0 Å². The number of aromatic nitrogens is 1. The molecular formula is C18H17NO3. The minimum absolute atomic E-state index is 0.310. The van der Waals surface area contributed by atoms with Crippen molar-refractivity contribution in [3.8, 4) is 17.0 Å². The van der Waals surface area contributed by atoms with Gasteiger partial charge >= 0.3 is 5.97 Å². The zero-order valence-corrected chi connectivity index (χ0v) is 12.5. The molecule has 0 aliphatic heterocycles. The smallest absolute Gasteiger partial charge is 0.338 e. The Balaban J connectivity index is 2.38. The molecule has 0 aliphatic rings. The van der Waals surface area contributed by atoms with Crippen LogP contribution >= 0.6 is 0 Å². The Labute approximate surface area is 128 Å². The Kier molecular flexibility index (Phi) is 3.59. The second-order valence-electron chi connectivity index (χ2n) is 5.03. The summed E-state index contributed by atoms with van der Waals surface area (Å²) in [7, 11) is 1.88. The lowest BCUT2D eigenvalue weighted by Crippen LogP contribution is -2.02. The summed E-state index contributed by atoms with van der Waals surface area (Å²) in [6.07, 6.45) is 0. The Hall–Kier alpha value is -2.75. The Morgan fingerprint density at radius 1 is 1.14 bits per heavy atom. The van der Waals surface area contributed by atoms with Gasteiger partial charge in [-0.3, -0.25) is 0 Å². The quantitative estimate of drug-likeness (QED) is 0.793. The van der Waals surface area contributed by atoms with Crippen LogP contribution in [0.5, 0.6) is 5.75 Å². The average Bonchev–Trinajstić information content (AvgIpc) is 2.82. The average molecular weight is 295 g/mol. The van der Waals surface area contributed by atoms with Gasteiger partial charge in [-0.15, -0.1) is 0 Å². The lowest BCUT2D eigenvalue weighted by Gasteiger charge is -2.12. The molecule has 0 fully saturated rings. The zero-order chi connectivity index (χ0) is 15.7. The van der Waals surface area contributed by atoms with Crippen molar-refractivity contribution in [2.75, 3.05) is 6.61 Å². The first-order chi connectivity index (χ1) is 10.6. The molecule has 0 radical (unpaired) electrons. The fourth-order valence-electron chi connectivity index (χ4n) is 2.87. The van der Waals surface area contributed by atoms with Gasteiger partial charge in [-0.2, -0.15) is 0 Å². The molecule has 22 heavy (non-hydrogen) atoms. The monoisotopic (exact) mass is 295 g/mol. The van der Waals surface area contributed by atoms with Crippen LogP contribution in [0.1, 0.15) is 17.3 Å². The summed E-state index contributed by atoms with van der Waals surface area (Å²) in [4.78, 5) is 11.8. The number of rotatable bonds is 4. The van der Waals surface area contributed by atoms with E-state index in [1.54, 1.807) is 0 Å². The number of benzene rings is 2. The fraction of sp³-hybridized carbons (Fsp3) is 0.167. The van der Waals surface area contributed by atoms with Crippen LogP contribution in [0.2, 0.25) is 0 Å². The van der Waals surface area contributed by atoms with Crippen LogP contribution < -0.4 is 4.74 Å². The Bertz CT molecular complexity index is 849. The number of para-hydroxylation sites is 2. The number of ether oxygens (including phenoxy) is 1. The number of carboxylic acid groups (broad SMARTS) is 1. The molecule has 112 valence electrons. The Morgan fingerprint density at radius 2 is 1.82 bits per heavy atom. The molecule has 3 aromatic rings. The van der Waals surface area contributed by atoms with Crippen molar-refractivity contribution in [3.05, 3.63) is 54.1 Å². The van der Waals surface area contributed by atoms with Gasteiger partial charge in [-0.25, -0.2) is 4.79 Å².